The zero-order valence-corrected chi connectivity index (χ0v) is 15.3. The first-order valence-corrected chi connectivity index (χ1v) is 8.45. The highest BCUT2D eigenvalue weighted by Crippen LogP contribution is 2.30. The fourth-order valence-electron chi connectivity index (χ4n) is 2.49. The monoisotopic (exact) mass is 325 g/mol. The number of ether oxygens (including phenoxy) is 2. The molecule has 0 aromatic rings. The van der Waals surface area contributed by atoms with E-state index in [2.05, 4.69) is 6.92 Å². The molecule has 0 unspecified atom stereocenters. The number of unbranched alkanes of at least 4 members (excludes halogenated alkanes) is 3. The lowest BCUT2D eigenvalue weighted by Gasteiger charge is -2.34. The van der Waals surface area contributed by atoms with Crippen LogP contribution in [0, 0.1) is 0 Å². The molecule has 0 N–H and O–H groups in total. The van der Waals surface area contributed by atoms with Crippen LogP contribution in [-0.4, -0.2) is 40.8 Å². The highest BCUT2D eigenvalue weighted by molar-refractivity contribution is 5.96. The van der Waals surface area contributed by atoms with Crippen LogP contribution in [0.3, 0.4) is 0 Å². The third-order valence-corrected chi connectivity index (χ3v) is 3.66. The van der Waals surface area contributed by atoms with Crippen molar-refractivity contribution in [2.45, 2.75) is 84.6 Å². The van der Waals surface area contributed by atoms with Crippen molar-refractivity contribution in [3.63, 3.8) is 0 Å². The summed E-state index contributed by atoms with van der Waals surface area (Å²) < 4.78 is 11.1. The normalized spacial score (nSPS) is 21.0. The summed E-state index contributed by atoms with van der Waals surface area (Å²) in [6.07, 6.45) is 7.20. The SMILES string of the molecule is CCCCC/C=C/C(=O)[C@@H]1COC(C)(C)N1C(=O)OC(C)(C)C. The highest BCUT2D eigenvalue weighted by atomic mass is 16.6. The lowest BCUT2D eigenvalue weighted by atomic mass is 10.1. The van der Waals surface area contributed by atoms with Crippen LogP contribution in [0.5, 0.6) is 0 Å². The van der Waals surface area contributed by atoms with Crippen molar-refractivity contribution < 1.29 is 19.1 Å². The Bertz CT molecular complexity index is 448. The van der Waals surface area contributed by atoms with Gasteiger partial charge in [-0.3, -0.25) is 9.69 Å². The molecule has 0 spiro atoms. The molecule has 1 fully saturated rings. The lowest BCUT2D eigenvalue weighted by molar-refractivity contribution is -0.120. The van der Waals surface area contributed by atoms with Crippen molar-refractivity contribution in [3.05, 3.63) is 12.2 Å². The van der Waals surface area contributed by atoms with Crippen molar-refractivity contribution >= 4 is 11.9 Å². The Hall–Kier alpha value is -1.36. The van der Waals surface area contributed by atoms with Gasteiger partial charge in [0, 0.05) is 0 Å². The Morgan fingerprint density at radius 3 is 2.52 bits per heavy atom. The molecule has 0 aliphatic carbocycles. The first-order valence-electron chi connectivity index (χ1n) is 8.45. The molecule has 1 rings (SSSR count). The number of rotatable bonds is 6. The molecular formula is C18H31NO4. The highest BCUT2D eigenvalue weighted by Gasteiger charge is 2.47. The van der Waals surface area contributed by atoms with Gasteiger partial charge in [-0.15, -0.1) is 0 Å². The third-order valence-electron chi connectivity index (χ3n) is 3.66. The molecule has 0 radical (unpaired) electrons. The summed E-state index contributed by atoms with van der Waals surface area (Å²) in [4.78, 5) is 26.3. The van der Waals surface area contributed by atoms with E-state index in [1.54, 1.807) is 40.7 Å². The minimum absolute atomic E-state index is 0.113. The van der Waals surface area contributed by atoms with E-state index in [4.69, 9.17) is 9.47 Å². The molecule has 23 heavy (non-hydrogen) atoms. The van der Waals surface area contributed by atoms with Gasteiger partial charge in [-0.05, 0) is 53.5 Å². The second-order valence-corrected chi connectivity index (χ2v) is 7.42. The molecule has 132 valence electrons. The summed E-state index contributed by atoms with van der Waals surface area (Å²) in [5.41, 5.74) is -1.46. The first-order chi connectivity index (χ1) is 10.6. The first kappa shape index (κ1) is 19.7. The van der Waals surface area contributed by atoms with Crippen LogP contribution in [0.4, 0.5) is 4.79 Å². The van der Waals surface area contributed by atoms with Crippen molar-refractivity contribution in [1.29, 1.82) is 0 Å². The van der Waals surface area contributed by atoms with Crippen LogP contribution in [0.25, 0.3) is 0 Å². The van der Waals surface area contributed by atoms with Gasteiger partial charge in [0.15, 0.2) is 5.78 Å². The predicted molar refractivity (Wildman–Crippen MR) is 90.2 cm³/mol. The summed E-state index contributed by atoms with van der Waals surface area (Å²) in [5.74, 6) is -0.113. The molecule has 1 aliphatic rings. The molecule has 1 heterocycles. The largest absolute Gasteiger partial charge is 0.444 e. The summed E-state index contributed by atoms with van der Waals surface area (Å²) in [5, 5.41) is 0. The van der Waals surface area contributed by atoms with Crippen molar-refractivity contribution in [1.82, 2.24) is 4.90 Å². The van der Waals surface area contributed by atoms with Crippen molar-refractivity contribution in [2.24, 2.45) is 0 Å². The van der Waals surface area contributed by atoms with Crippen LogP contribution in [0.1, 0.15) is 67.2 Å². The minimum Gasteiger partial charge on any atom is -0.444 e. The zero-order chi connectivity index (χ0) is 17.7. The van der Waals surface area contributed by atoms with Crippen LogP contribution >= 0.6 is 0 Å². The van der Waals surface area contributed by atoms with Gasteiger partial charge in [0.05, 0.1) is 6.61 Å². The van der Waals surface area contributed by atoms with Gasteiger partial charge in [-0.25, -0.2) is 4.79 Å². The molecular weight excluding hydrogens is 294 g/mol. The number of carbonyl (C=O) groups is 2. The predicted octanol–water partition coefficient (Wildman–Crippen LogP) is 4.06. The number of hydrogen-bond donors (Lipinski definition) is 0. The molecule has 0 aromatic carbocycles. The molecule has 1 aliphatic heterocycles. The molecule has 0 saturated carbocycles. The molecule has 1 atom stereocenters. The second-order valence-electron chi connectivity index (χ2n) is 7.42. The van der Waals surface area contributed by atoms with Gasteiger partial charge >= 0.3 is 6.09 Å². The Balaban J connectivity index is 2.76. The molecule has 5 nitrogen and oxygen atoms in total. The quantitative estimate of drug-likeness (QED) is 0.546. The molecule has 0 aromatic heterocycles. The maximum atomic E-state index is 12.5. The van der Waals surface area contributed by atoms with Crippen molar-refractivity contribution in [3.8, 4) is 0 Å². The maximum Gasteiger partial charge on any atom is 0.413 e. The Morgan fingerprint density at radius 1 is 1.30 bits per heavy atom. The summed E-state index contributed by atoms with van der Waals surface area (Å²) >= 11 is 0. The fourth-order valence-corrected chi connectivity index (χ4v) is 2.49. The van der Waals surface area contributed by atoms with Crippen LogP contribution in [0.2, 0.25) is 0 Å². The third kappa shape index (κ3) is 5.98. The molecule has 0 bridgehead atoms. The number of carbonyl (C=O) groups excluding carboxylic acids is 2. The molecule has 1 saturated heterocycles. The van der Waals surface area contributed by atoms with E-state index in [1.165, 1.54) is 4.90 Å². The van der Waals surface area contributed by atoms with E-state index in [9.17, 15) is 9.59 Å². The van der Waals surface area contributed by atoms with E-state index in [-0.39, 0.29) is 12.4 Å². The summed E-state index contributed by atoms with van der Waals surface area (Å²) in [6.45, 7) is 11.3. The standard InChI is InChI=1S/C18H31NO4/c1-7-8-9-10-11-12-15(20)14-13-22-18(5,6)19(14)16(21)23-17(2,3)4/h11-12,14H,7-10,13H2,1-6H3/b12-11+/t14-/m0/s1. The Morgan fingerprint density at radius 2 is 1.96 bits per heavy atom. The van der Waals surface area contributed by atoms with Gasteiger partial charge < -0.3 is 9.47 Å². The average Bonchev–Trinajstić information content (AvgIpc) is 2.72. The average molecular weight is 325 g/mol. The van der Waals surface area contributed by atoms with Crippen LogP contribution < -0.4 is 0 Å². The Kier molecular flexibility index (Phi) is 6.81. The van der Waals surface area contributed by atoms with Gasteiger partial charge in [0.25, 0.3) is 0 Å². The van der Waals surface area contributed by atoms with E-state index in [0.29, 0.717) is 0 Å². The van der Waals surface area contributed by atoms with Gasteiger partial charge in [0.1, 0.15) is 17.4 Å². The second kappa shape index (κ2) is 7.95. The van der Waals surface area contributed by atoms with Gasteiger partial charge in [0.2, 0.25) is 0 Å². The lowest BCUT2D eigenvalue weighted by Crippen LogP contribution is -2.51. The van der Waals surface area contributed by atoms with E-state index < -0.39 is 23.5 Å². The van der Waals surface area contributed by atoms with Crippen LogP contribution in [0.15, 0.2) is 12.2 Å². The van der Waals surface area contributed by atoms with E-state index in [1.807, 2.05) is 6.08 Å². The number of hydrogen-bond acceptors (Lipinski definition) is 4. The zero-order valence-electron chi connectivity index (χ0n) is 15.3. The number of allylic oxidation sites excluding steroid dienone is 1. The molecule has 1 amide bonds. The fraction of sp³-hybridized carbons (Fsp3) is 0.778. The topological polar surface area (TPSA) is 55.8 Å². The van der Waals surface area contributed by atoms with Crippen LogP contribution in [-0.2, 0) is 14.3 Å². The number of nitrogens with zero attached hydrogens (tertiary/aromatic N) is 1. The van der Waals surface area contributed by atoms with Crippen molar-refractivity contribution in [2.75, 3.05) is 6.61 Å². The van der Waals surface area contributed by atoms with E-state index >= 15 is 0 Å². The summed E-state index contributed by atoms with van der Waals surface area (Å²) in [6, 6.07) is -0.623. The van der Waals surface area contributed by atoms with Gasteiger partial charge in [-0.1, -0.05) is 25.8 Å². The number of ketones is 1. The molecule has 5 heteroatoms. The maximum absolute atomic E-state index is 12.5. The summed E-state index contributed by atoms with van der Waals surface area (Å²) in [7, 11) is 0. The van der Waals surface area contributed by atoms with E-state index in [0.717, 1.165) is 25.7 Å². The van der Waals surface area contributed by atoms with Gasteiger partial charge in [-0.2, -0.15) is 0 Å². The minimum atomic E-state index is -0.849. The smallest absolute Gasteiger partial charge is 0.413 e. The number of amides is 1. The Labute approximate surface area is 140 Å².